The van der Waals surface area contributed by atoms with Crippen LogP contribution in [0.15, 0.2) is 6.07 Å². The minimum absolute atomic E-state index is 0.149. The van der Waals surface area contributed by atoms with Crippen LogP contribution in [-0.2, 0) is 4.74 Å². The van der Waals surface area contributed by atoms with Crippen molar-refractivity contribution in [3.05, 3.63) is 34.6 Å². The van der Waals surface area contributed by atoms with Crippen LogP contribution in [0.2, 0.25) is 0 Å². The fourth-order valence-electron chi connectivity index (χ4n) is 1.01. The van der Waals surface area contributed by atoms with Crippen LogP contribution in [0.4, 0.5) is 13.2 Å². The predicted octanol–water partition coefficient (Wildman–Crippen LogP) is 2.20. The Hall–Kier alpha value is -1.52. The SMILES string of the molecule is COC(=O)c1c(F)c(C)cc(F)c1F. The van der Waals surface area contributed by atoms with Crippen LogP contribution >= 0.6 is 0 Å². The van der Waals surface area contributed by atoms with Gasteiger partial charge in [-0.2, -0.15) is 0 Å². The molecule has 0 aliphatic carbocycles. The monoisotopic (exact) mass is 204 g/mol. The highest BCUT2D eigenvalue weighted by atomic mass is 19.2. The number of carbonyl (C=O) groups excluding carboxylic acids is 1. The molecule has 0 spiro atoms. The van der Waals surface area contributed by atoms with Crippen LogP contribution in [0.1, 0.15) is 15.9 Å². The zero-order chi connectivity index (χ0) is 10.9. The topological polar surface area (TPSA) is 26.3 Å². The number of ether oxygens (including phenoxy) is 1. The fraction of sp³-hybridized carbons (Fsp3) is 0.222. The molecular formula is C9H7F3O2. The molecule has 2 nitrogen and oxygen atoms in total. The van der Waals surface area contributed by atoms with Crippen molar-refractivity contribution >= 4 is 5.97 Å². The van der Waals surface area contributed by atoms with Gasteiger partial charge in [0.05, 0.1) is 7.11 Å². The maximum Gasteiger partial charge on any atom is 0.343 e. The summed E-state index contributed by atoms with van der Waals surface area (Å²) in [5.74, 6) is -5.14. The quantitative estimate of drug-likeness (QED) is 0.517. The van der Waals surface area contributed by atoms with Gasteiger partial charge in [0.25, 0.3) is 0 Å². The van der Waals surface area contributed by atoms with Crippen LogP contribution in [0.3, 0.4) is 0 Å². The predicted molar refractivity (Wildman–Crippen MR) is 42.4 cm³/mol. The zero-order valence-corrected chi connectivity index (χ0v) is 7.53. The first-order chi connectivity index (χ1) is 6.49. The summed E-state index contributed by atoms with van der Waals surface area (Å²) in [5.41, 5.74) is -1.14. The molecular weight excluding hydrogens is 197 g/mol. The summed E-state index contributed by atoms with van der Waals surface area (Å²) in [6.45, 7) is 1.23. The van der Waals surface area contributed by atoms with Gasteiger partial charge in [0.1, 0.15) is 11.4 Å². The van der Waals surface area contributed by atoms with Gasteiger partial charge in [-0.05, 0) is 18.6 Å². The van der Waals surface area contributed by atoms with Gasteiger partial charge in [0.15, 0.2) is 11.6 Å². The summed E-state index contributed by atoms with van der Waals surface area (Å²) < 4.78 is 43.0. The molecule has 0 N–H and O–H groups in total. The molecule has 0 atom stereocenters. The number of halogens is 3. The van der Waals surface area contributed by atoms with Crippen molar-refractivity contribution in [2.45, 2.75) is 6.92 Å². The summed E-state index contributed by atoms with van der Waals surface area (Å²) in [7, 11) is 0.960. The Balaban J connectivity index is 3.47. The molecule has 0 aliphatic heterocycles. The molecule has 14 heavy (non-hydrogen) atoms. The number of hydrogen-bond donors (Lipinski definition) is 0. The second kappa shape index (κ2) is 3.69. The minimum Gasteiger partial charge on any atom is -0.465 e. The van der Waals surface area contributed by atoms with E-state index in [1.807, 2.05) is 0 Å². The maximum atomic E-state index is 13.2. The number of esters is 1. The average molecular weight is 204 g/mol. The lowest BCUT2D eigenvalue weighted by molar-refractivity contribution is 0.0588. The highest BCUT2D eigenvalue weighted by molar-refractivity contribution is 5.90. The molecule has 1 rings (SSSR count). The number of benzene rings is 1. The molecule has 0 radical (unpaired) electrons. The van der Waals surface area contributed by atoms with E-state index in [9.17, 15) is 18.0 Å². The van der Waals surface area contributed by atoms with Crippen molar-refractivity contribution in [1.82, 2.24) is 0 Å². The molecule has 0 fully saturated rings. The summed E-state index contributed by atoms with van der Waals surface area (Å²) in [4.78, 5) is 10.9. The molecule has 0 saturated heterocycles. The normalized spacial score (nSPS) is 10.1. The van der Waals surface area contributed by atoms with Gasteiger partial charge < -0.3 is 4.74 Å². The molecule has 0 aromatic heterocycles. The first-order valence-corrected chi connectivity index (χ1v) is 3.71. The van der Waals surface area contributed by atoms with E-state index in [1.165, 1.54) is 6.92 Å². The lowest BCUT2D eigenvalue weighted by Crippen LogP contribution is -2.10. The highest BCUT2D eigenvalue weighted by Crippen LogP contribution is 2.20. The van der Waals surface area contributed by atoms with Crippen molar-refractivity contribution in [2.24, 2.45) is 0 Å². The van der Waals surface area contributed by atoms with E-state index in [0.29, 0.717) is 6.07 Å². The molecule has 0 heterocycles. The van der Waals surface area contributed by atoms with Gasteiger partial charge in [-0.15, -0.1) is 0 Å². The van der Waals surface area contributed by atoms with Crippen LogP contribution in [0.25, 0.3) is 0 Å². The van der Waals surface area contributed by atoms with E-state index in [-0.39, 0.29) is 5.56 Å². The number of methoxy groups -OCH3 is 1. The van der Waals surface area contributed by atoms with Crippen LogP contribution in [-0.4, -0.2) is 13.1 Å². The van der Waals surface area contributed by atoms with Gasteiger partial charge in [0, 0.05) is 0 Å². The molecule has 0 saturated carbocycles. The first-order valence-electron chi connectivity index (χ1n) is 3.71. The van der Waals surface area contributed by atoms with Crippen LogP contribution in [0, 0.1) is 24.4 Å². The van der Waals surface area contributed by atoms with E-state index in [2.05, 4.69) is 4.74 Å². The van der Waals surface area contributed by atoms with Gasteiger partial charge in [-0.3, -0.25) is 0 Å². The Morgan fingerprint density at radius 3 is 2.36 bits per heavy atom. The highest BCUT2D eigenvalue weighted by Gasteiger charge is 2.23. The van der Waals surface area contributed by atoms with E-state index >= 15 is 0 Å². The maximum absolute atomic E-state index is 13.2. The molecule has 1 aromatic rings. The van der Waals surface area contributed by atoms with Crippen molar-refractivity contribution in [3.63, 3.8) is 0 Å². The first kappa shape index (κ1) is 10.6. The Morgan fingerprint density at radius 2 is 1.86 bits per heavy atom. The van der Waals surface area contributed by atoms with Gasteiger partial charge in [-0.1, -0.05) is 0 Å². The largest absolute Gasteiger partial charge is 0.465 e. The van der Waals surface area contributed by atoms with Gasteiger partial charge in [0.2, 0.25) is 0 Å². The summed E-state index contributed by atoms with van der Waals surface area (Å²) in [6, 6.07) is 0.678. The van der Waals surface area contributed by atoms with E-state index in [4.69, 9.17) is 0 Å². The number of aryl methyl sites for hydroxylation is 1. The molecule has 1 aromatic carbocycles. The fourth-order valence-corrected chi connectivity index (χ4v) is 1.01. The lowest BCUT2D eigenvalue weighted by atomic mass is 10.1. The molecule has 0 amide bonds. The Morgan fingerprint density at radius 1 is 1.29 bits per heavy atom. The molecule has 5 heteroatoms. The molecule has 76 valence electrons. The van der Waals surface area contributed by atoms with Gasteiger partial charge >= 0.3 is 5.97 Å². The second-order valence-electron chi connectivity index (χ2n) is 2.67. The second-order valence-corrected chi connectivity index (χ2v) is 2.67. The third-order valence-electron chi connectivity index (χ3n) is 1.73. The Bertz CT molecular complexity index is 362. The Labute approximate surface area is 78.3 Å². The van der Waals surface area contributed by atoms with Crippen molar-refractivity contribution in [1.29, 1.82) is 0 Å². The third-order valence-corrected chi connectivity index (χ3v) is 1.73. The van der Waals surface area contributed by atoms with E-state index in [0.717, 1.165) is 7.11 Å². The number of carbonyl (C=O) groups is 1. The number of hydrogen-bond acceptors (Lipinski definition) is 2. The van der Waals surface area contributed by atoms with Crippen LogP contribution in [0.5, 0.6) is 0 Å². The van der Waals surface area contributed by atoms with Crippen molar-refractivity contribution < 1.29 is 22.7 Å². The van der Waals surface area contributed by atoms with Gasteiger partial charge in [-0.25, -0.2) is 18.0 Å². The van der Waals surface area contributed by atoms with Crippen molar-refractivity contribution in [2.75, 3.05) is 7.11 Å². The Kier molecular flexibility index (Phi) is 2.78. The number of rotatable bonds is 1. The third kappa shape index (κ3) is 1.57. The van der Waals surface area contributed by atoms with E-state index < -0.39 is 29.0 Å². The summed E-state index contributed by atoms with van der Waals surface area (Å²) in [6.07, 6.45) is 0. The van der Waals surface area contributed by atoms with Crippen molar-refractivity contribution in [3.8, 4) is 0 Å². The zero-order valence-electron chi connectivity index (χ0n) is 7.53. The molecule has 0 unspecified atom stereocenters. The molecule has 0 bridgehead atoms. The summed E-state index contributed by atoms with van der Waals surface area (Å²) in [5, 5.41) is 0. The average Bonchev–Trinajstić information content (AvgIpc) is 2.15. The minimum atomic E-state index is -1.53. The molecule has 0 aliphatic rings. The summed E-state index contributed by atoms with van der Waals surface area (Å²) >= 11 is 0. The lowest BCUT2D eigenvalue weighted by Gasteiger charge is -2.05. The van der Waals surface area contributed by atoms with Crippen LogP contribution < -0.4 is 0 Å². The van der Waals surface area contributed by atoms with E-state index in [1.54, 1.807) is 0 Å². The standard InChI is InChI=1S/C9H7F3O2/c1-4-3-5(10)8(12)6(7(4)11)9(13)14-2/h3H,1-2H3. The smallest absolute Gasteiger partial charge is 0.343 e.